The topological polar surface area (TPSA) is 128 Å². The van der Waals surface area contributed by atoms with E-state index >= 15 is 0 Å². The minimum absolute atomic E-state index is 0.0199. The molecule has 2 N–H and O–H groups in total. The molecule has 3 amide bonds. The van der Waals surface area contributed by atoms with Gasteiger partial charge in [-0.1, -0.05) is 24.6 Å². The molecule has 218 valence electrons. The normalized spacial score (nSPS) is 18.8. The van der Waals surface area contributed by atoms with Crippen LogP contribution < -0.4 is 14.9 Å². The quantitative estimate of drug-likeness (QED) is 0.417. The Morgan fingerprint density at radius 3 is 2.62 bits per heavy atom. The van der Waals surface area contributed by atoms with Crippen molar-refractivity contribution in [1.82, 2.24) is 19.8 Å². The summed E-state index contributed by atoms with van der Waals surface area (Å²) in [6.07, 6.45) is 1.09. The molecule has 2 fully saturated rings. The van der Waals surface area contributed by atoms with Crippen LogP contribution in [0, 0.1) is 0 Å². The number of nitrogens with zero attached hydrogens (tertiary/aromatic N) is 3. The van der Waals surface area contributed by atoms with Crippen LogP contribution in [-0.2, 0) is 30.8 Å². The van der Waals surface area contributed by atoms with E-state index in [2.05, 4.69) is 10.0 Å². The number of carbonyl (C=O) groups is 3. The first kappa shape index (κ1) is 30.4. The van der Waals surface area contributed by atoms with Gasteiger partial charge in [-0.25, -0.2) is 8.42 Å². The highest BCUT2D eigenvalue weighted by Gasteiger charge is 2.35. The van der Waals surface area contributed by atoms with Crippen LogP contribution in [0.3, 0.4) is 0 Å². The Morgan fingerprint density at radius 2 is 2.00 bits per heavy atom. The molecule has 0 aliphatic carbocycles. The first-order valence-corrected chi connectivity index (χ1v) is 15.7. The van der Waals surface area contributed by atoms with Gasteiger partial charge in [0.05, 0.1) is 20.7 Å². The van der Waals surface area contributed by atoms with Gasteiger partial charge < -0.3 is 24.8 Å². The average Bonchev–Trinajstić information content (AvgIpc) is 3.60. The lowest BCUT2D eigenvalue weighted by molar-refractivity contribution is -0.132. The average molecular weight is 612 g/mol. The van der Waals surface area contributed by atoms with E-state index in [4.69, 9.17) is 16.3 Å². The lowest BCUT2D eigenvalue weighted by Crippen LogP contribution is -2.53. The van der Waals surface area contributed by atoms with Gasteiger partial charge in [-0.05, 0) is 56.8 Å². The molecule has 0 spiro atoms. The van der Waals surface area contributed by atoms with Crippen LogP contribution in [0.15, 0.2) is 35.2 Å². The Bertz CT molecular complexity index is 1370. The number of rotatable bonds is 10. The molecular weight excluding hydrogens is 578 g/mol. The van der Waals surface area contributed by atoms with E-state index < -0.39 is 27.9 Å². The Kier molecular flexibility index (Phi) is 9.85. The number of sulfonamides is 1. The second kappa shape index (κ2) is 13.0. The minimum atomic E-state index is -4.24. The first-order valence-electron chi connectivity index (χ1n) is 13.0. The summed E-state index contributed by atoms with van der Waals surface area (Å²) in [5, 5.41) is 2.68. The minimum Gasteiger partial charge on any atom is -0.370 e. The lowest BCUT2D eigenvalue weighted by atomic mass is 10.1. The fourth-order valence-corrected chi connectivity index (χ4v) is 7.40. The van der Waals surface area contributed by atoms with Crippen LogP contribution in [-0.4, -0.2) is 102 Å². The number of morpholine rings is 1. The molecule has 2 aliphatic heterocycles. The highest BCUT2D eigenvalue weighted by Crippen LogP contribution is 2.29. The molecule has 2 aliphatic rings. The van der Waals surface area contributed by atoms with Crippen LogP contribution in [0.4, 0.5) is 5.69 Å². The van der Waals surface area contributed by atoms with E-state index in [1.165, 1.54) is 11.0 Å². The van der Waals surface area contributed by atoms with Gasteiger partial charge in [0.2, 0.25) is 15.9 Å². The van der Waals surface area contributed by atoms with Crippen LogP contribution in [0.5, 0.6) is 0 Å². The number of benzene rings is 1. The Labute approximate surface area is 243 Å². The number of halogens is 1. The smallest absolute Gasteiger partial charge is 0.261 e. The molecule has 0 bridgehead atoms. The molecule has 2 saturated heterocycles. The second-order valence-electron chi connectivity index (χ2n) is 9.88. The molecule has 3 heterocycles. The van der Waals surface area contributed by atoms with Crippen molar-refractivity contribution in [2.24, 2.45) is 0 Å². The summed E-state index contributed by atoms with van der Waals surface area (Å²) in [5.41, 5.74) is 0.959. The molecule has 2 atom stereocenters. The number of amides is 3. The number of hydrogen-bond acceptors (Lipinski definition) is 8. The van der Waals surface area contributed by atoms with E-state index in [1.54, 1.807) is 29.2 Å². The van der Waals surface area contributed by atoms with Crippen molar-refractivity contribution in [2.45, 2.75) is 36.7 Å². The zero-order valence-corrected chi connectivity index (χ0v) is 25.1. The maximum atomic E-state index is 13.8. The SMILES string of the molecule is CCc1c(N2CCOCC2=O)cccc1S(=O)(=O)N[C@@H](CNC(=O)c1ccc(Cl)s1)C(=O)N1CC[C@@H](N(C)C)C1. The molecule has 11 nitrogen and oxygen atoms in total. The summed E-state index contributed by atoms with van der Waals surface area (Å²) >= 11 is 7.04. The highest BCUT2D eigenvalue weighted by atomic mass is 35.5. The Balaban J connectivity index is 1.61. The summed E-state index contributed by atoms with van der Waals surface area (Å²) in [4.78, 5) is 44.4. The number of ether oxygens (including phenoxy) is 1. The number of thiophene rings is 1. The van der Waals surface area contributed by atoms with Gasteiger partial charge in [0.15, 0.2) is 0 Å². The van der Waals surface area contributed by atoms with Crippen LogP contribution in [0.2, 0.25) is 4.34 Å². The van der Waals surface area contributed by atoms with Crippen LogP contribution >= 0.6 is 22.9 Å². The fraction of sp³-hybridized carbons (Fsp3) is 0.500. The third-order valence-electron chi connectivity index (χ3n) is 7.09. The lowest BCUT2D eigenvalue weighted by Gasteiger charge is -2.30. The first-order chi connectivity index (χ1) is 19.0. The summed E-state index contributed by atoms with van der Waals surface area (Å²) in [6.45, 7) is 3.07. The summed E-state index contributed by atoms with van der Waals surface area (Å²) < 4.78 is 35.8. The van der Waals surface area contributed by atoms with Crippen LogP contribution in [0.25, 0.3) is 0 Å². The van der Waals surface area contributed by atoms with E-state index in [-0.39, 0.29) is 30.0 Å². The molecule has 0 radical (unpaired) electrons. The monoisotopic (exact) mass is 611 g/mol. The van der Waals surface area contributed by atoms with Crippen molar-refractivity contribution < 1.29 is 27.5 Å². The van der Waals surface area contributed by atoms with E-state index in [9.17, 15) is 22.8 Å². The molecular formula is C26H34ClN5O6S2. The number of nitrogens with one attached hydrogen (secondary N) is 2. The summed E-state index contributed by atoms with van der Waals surface area (Å²) in [7, 11) is -0.372. The molecule has 14 heteroatoms. The van der Waals surface area contributed by atoms with Crippen molar-refractivity contribution >= 4 is 56.4 Å². The number of likely N-dealkylation sites (tertiary alicyclic amines) is 1. The van der Waals surface area contributed by atoms with Gasteiger partial charge in [-0.2, -0.15) is 4.72 Å². The van der Waals surface area contributed by atoms with Gasteiger partial charge in [0.1, 0.15) is 12.6 Å². The van der Waals surface area contributed by atoms with Crippen molar-refractivity contribution in [1.29, 1.82) is 0 Å². The fourth-order valence-electron chi connectivity index (χ4n) is 4.92. The van der Waals surface area contributed by atoms with E-state index in [0.717, 1.165) is 17.8 Å². The number of hydrogen-bond donors (Lipinski definition) is 2. The molecule has 0 unspecified atom stereocenters. The van der Waals surface area contributed by atoms with Crippen molar-refractivity contribution in [3.63, 3.8) is 0 Å². The summed E-state index contributed by atoms with van der Waals surface area (Å²) in [5.74, 6) is -1.13. The molecule has 2 aromatic rings. The van der Waals surface area contributed by atoms with Gasteiger partial charge in [-0.15, -0.1) is 11.3 Å². The number of likely N-dealkylation sites (N-methyl/N-ethyl adjacent to an activating group) is 1. The van der Waals surface area contributed by atoms with Crippen LogP contribution in [0.1, 0.15) is 28.6 Å². The van der Waals surface area contributed by atoms with Crippen molar-refractivity contribution in [2.75, 3.05) is 58.4 Å². The number of anilines is 1. The van der Waals surface area contributed by atoms with E-state index in [1.807, 2.05) is 25.9 Å². The standard InChI is InChI=1S/C26H34ClN5O6S2/c1-4-18-20(32-12-13-38-16-24(32)33)6-5-7-22(18)40(36,37)29-19(14-28-25(34)21-8-9-23(27)39-21)26(35)31-11-10-17(15-31)30(2)3/h5-9,17,19,29H,4,10-16H2,1-3H3,(H,28,34)/t17-,19+/m1/s1. The Morgan fingerprint density at radius 1 is 1.23 bits per heavy atom. The Hall–Kier alpha value is -2.55. The zero-order valence-electron chi connectivity index (χ0n) is 22.7. The van der Waals surface area contributed by atoms with E-state index in [0.29, 0.717) is 53.1 Å². The maximum Gasteiger partial charge on any atom is 0.261 e. The third-order valence-corrected chi connectivity index (χ3v) is 9.88. The predicted molar refractivity (Wildman–Crippen MR) is 153 cm³/mol. The third kappa shape index (κ3) is 6.84. The van der Waals surface area contributed by atoms with Gasteiger partial charge in [0, 0.05) is 37.9 Å². The molecule has 1 aromatic carbocycles. The highest BCUT2D eigenvalue weighted by molar-refractivity contribution is 7.89. The molecule has 4 rings (SSSR count). The zero-order chi connectivity index (χ0) is 29.0. The maximum absolute atomic E-state index is 13.8. The van der Waals surface area contributed by atoms with Gasteiger partial charge in [0.25, 0.3) is 11.8 Å². The van der Waals surface area contributed by atoms with Gasteiger partial charge >= 0.3 is 0 Å². The summed E-state index contributed by atoms with van der Waals surface area (Å²) in [6, 6.07) is 6.81. The molecule has 1 aromatic heterocycles. The molecule has 40 heavy (non-hydrogen) atoms. The van der Waals surface area contributed by atoms with Crippen molar-refractivity contribution in [3.8, 4) is 0 Å². The van der Waals surface area contributed by atoms with Gasteiger partial charge in [-0.3, -0.25) is 14.4 Å². The largest absolute Gasteiger partial charge is 0.370 e. The number of carbonyl (C=O) groups excluding carboxylic acids is 3. The predicted octanol–water partition coefficient (Wildman–Crippen LogP) is 1.57. The van der Waals surface area contributed by atoms with Crippen molar-refractivity contribution in [3.05, 3.63) is 45.1 Å². The second-order valence-corrected chi connectivity index (χ2v) is 13.3. The molecule has 0 saturated carbocycles.